The molecule has 1 aliphatic rings. The molecule has 4 rings (SSSR count). The number of ether oxygens (including phenoxy) is 2. The van der Waals surface area contributed by atoms with Gasteiger partial charge in [0.25, 0.3) is 5.91 Å². The van der Waals surface area contributed by atoms with Crippen molar-refractivity contribution in [3.05, 3.63) is 35.2 Å². The zero-order valence-electron chi connectivity index (χ0n) is 19.1. The SMILES string of the molecule is COc1ccc(OC)c(/C=N/NC(=O)c2nnn(-c3nonc3N)c2CN2CCN(C)CC2)c1. The number of hydrogen-bond donors (Lipinski definition) is 2. The molecular weight excluding hydrogens is 444 g/mol. The number of likely N-dealkylation sites (N-methyl/N-ethyl adjacent to an activating group) is 1. The number of amides is 1. The topological polar surface area (TPSA) is 162 Å². The number of methoxy groups -OCH3 is 2. The predicted octanol–water partition coefficient (Wildman–Crippen LogP) is -0.239. The molecule has 14 heteroatoms. The highest BCUT2D eigenvalue weighted by molar-refractivity contribution is 5.94. The Labute approximate surface area is 195 Å². The third kappa shape index (κ3) is 4.97. The Morgan fingerprint density at radius 3 is 2.71 bits per heavy atom. The highest BCUT2D eigenvalue weighted by Crippen LogP contribution is 2.22. The lowest BCUT2D eigenvalue weighted by Gasteiger charge is -2.32. The highest BCUT2D eigenvalue weighted by Gasteiger charge is 2.26. The van der Waals surface area contributed by atoms with Crippen molar-refractivity contribution in [2.45, 2.75) is 6.54 Å². The average molecular weight is 470 g/mol. The van der Waals surface area contributed by atoms with Gasteiger partial charge in [0.05, 0.1) is 26.1 Å². The van der Waals surface area contributed by atoms with E-state index in [1.54, 1.807) is 32.4 Å². The van der Waals surface area contributed by atoms with Gasteiger partial charge in [-0.1, -0.05) is 5.21 Å². The number of nitrogens with zero attached hydrogens (tertiary/aromatic N) is 8. The lowest BCUT2D eigenvalue weighted by Crippen LogP contribution is -2.44. The van der Waals surface area contributed by atoms with Gasteiger partial charge in [0.15, 0.2) is 5.69 Å². The molecule has 3 heterocycles. The van der Waals surface area contributed by atoms with Crippen LogP contribution in [0.4, 0.5) is 5.82 Å². The van der Waals surface area contributed by atoms with Gasteiger partial charge < -0.3 is 20.1 Å². The zero-order chi connectivity index (χ0) is 24.1. The van der Waals surface area contributed by atoms with Crippen LogP contribution in [-0.2, 0) is 6.54 Å². The molecule has 0 radical (unpaired) electrons. The van der Waals surface area contributed by atoms with E-state index in [9.17, 15) is 4.79 Å². The summed E-state index contributed by atoms with van der Waals surface area (Å²) >= 11 is 0. The van der Waals surface area contributed by atoms with Crippen molar-refractivity contribution < 1.29 is 18.9 Å². The van der Waals surface area contributed by atoms with E-state index in [-0.39, 0.29) is 17.3 Å². The van der Waals surface area contributed by atoms with Crippen molar-refractivity contribution in [3.8, 4) is 17.3 Å². The van der Waals surface area contributed by atoms with Gasteiger partial charge in [0.1, 0.15) is 11.5 Å². The third-order valence-electron chi connectivity index (χ3n) is 5.45. The number of anilines is 1. The molecule has 0 aliphatic carbocycles. The first-order chi connectivity index (χ1) is 16.5. The Bertz CT molecular complexity index is 1170. The smallest absolute Gasteiger partial charge is 0.293 e. The van der Waals surface area contributed by atoms with E-state index in [1.807, 2.05) is 0 Å². The number of carbonyl (C=O) groups excluding carboxylic acids is 1. The quantitative estimate of drug-likeness (QED) is 0.330. The van der Waals surface area contributed by atoms with Crippen molar-refractivity contribution in [1.29, 1.82) is 0 Å². The molecule has 1 aromatic carbocycles. The predicted molar refractivity (Wildman–Crippen MR) is 121 cm³/mol. The molecule has 0 atom stereocenters. The number of benzene rings is 1. The van der Waals surface area contributed by atoms with Crippen LogP contribution in [0.15, 0.2) is 27.9 Å². The Hall–Kier alpha value is -4.04. The number of hydrazone groups is 1. The summed E-state index contributed by atoms with van der Waals surface area (Å²) in [4.78, 5) is 17.4. The van der Waals surface area contributed by atoms with E-state index in [4.69, 9.17) is 19.8 Å². The second-order valence-corrected chi connectivity index (χ2v) is 7.66. The van der Waals surface area contributed by atoms with Gasteiger partial charge in [-0.25, -0.2) is 10.1 Å². The molecular formula is C20H26N10O4. The first-order valence-corrected chi connectivity index (χ1v) is 10.5. The number of hydrogen-bond acceptors (Lipinski definition) is 12. The van der Waals surface area contributed by atoms with Crippen LogP contribution in [0.2, 0.25) is 0 Å². The zero-order valence-corrected chi connectivity index (χ0v) is 19.1. The highest BCUT2D eigenvalue weighted by atomic mass is 16.6. The van der Waals surface area contributed by atoms with Crippen LogP contribution in [0.5, 0.6) is 11.5 Å². The Morgan fingerprint density at radius 1 is 1.24 bits per heavy atom. The molecule has 0 spiro atoms. The maximum atomic E-state index is 13.0. The third-order valence-corrected chi connectivity index (χ3v) is 5.45. The van der Waals surface area contributed by atoms with Crippen LogP contribution >= 0.6 is 0 Å². The minimum absolute atomic E-state index is 0.0413. The normalized spacial score (nSPS) is 15.0. The second kappa shape index (κ2) is 10.3. The summed E-state index contributed by atoms with van der Waals surface area (Å²) in [5.41, 5.74) is 9.57. The molecule has 34 heavy (non-hydrogen) atoms. The molecule has 3 aromatic rings. The maximum Gasteiger partial charge on any atom is 0.293 e. The monoisotopic (exact) mass is 470 g/mol. The first-order valence-electron chi connectivity index (χ1n) is 10.5. The first kappa shape index (κ1) is 23.1. The maximum absolute atomic E-state index is 13.0. The van der Waals surface area contributed by atoms with Gasteiger partial charge in [-0.3, -0.25) is 9.69 Å². The van der Waals surface area contributed by atoms with Crippen LogP contribution in [0.1, 0.15) is 21.7 Å². The van der Waals surface area contributed by atoms with Crippen LogP contribution in [0, 0.1) is 0 Å². The van der Waals surface area contributed by atoms with E-state index >= 15 is 0 Å². The largest absolute Gasteiger partial charge is 0.497 e. The lowest BCUT2D eigenvalue weighted by molar-refractivity contribution is 0.0946. The number of aromatic nitrogens is 5. The molecule has 180 valence electrons. The van der Waals surface area contributed by atoms with Gasteiger partial charge in [0, 0.05) is 38.3 Å². The van der Waals surface area contributed by atoms with Gasteiger partial charge >= 0.3 is 0 Å². The van der Waals surface area contributed by atoms with Crippen molar-refractivity contribution in [3.63, 3.8) is 0 Å². The fourth-order valence-corrected chi connectivity index (χ4v) is 3.50. The van der Waals surface area contributed by atoms with E-state index in [0.717, 1.165) is 26.2 Å². The second-order valence-electron chi connectivity index (χ2n) is 7.66. The summed E-state index contributed by atoms with van der Waals surface area (Å²) < 4.78 is 16.6. The van der Waals surface area contributed by atoms with Gasteiger partial charge in [-0.15, -0.1) is 5.10 Å². The molecule has 3 N–H and O–H groups in total. The molecule has 1 amide bonds. The number of piperazine rings is 1. The molecule has 0 unspecified atom stereocenters. The average Bonchev–Trinajstić information content (AvgIpc) is 3.45. The van der Waals surface area contributed by atoms with Gasteiger partial charge in [-0.05, 0) is 35.6 Å². The summed E-state index contributed by atoms with van der Waals surface area (Å²) in [5.74, 6) is 0.878. The molecule has 1 fully saturated rings. The van der Waals surface area contributed by atoms with Gasteiger partial charge in [-0.2, -0.15) is 9.78 Å². The summed E-state index contributed by atoms with van der Waals surface area (Å²) in [6.07, 6.45) is 1.46. The van der Waals surface area contributed by atoms with Crippen molar-refractivity contribution in [2.75, 3.05) is 53.2 Å². The molecule has 2 aromatic heterocycles. The number of nitrogens with one attached hydrogen (secondary N) is 1. The standard InChI is InChI=1S/C20H26N10O4/c1-28-6-8-29(9-7-28)12-15-17(23-27-30(15)19-18(21)25-34-26-19)20(31)24-22-11-13-10-14(32-2)4-5-16(13)33-3/h4-5,10-11H,6-9,12H2,1-3H3,(H2,21,25)(H,24,31)/b22-11+. The van der Waals surface area contributed by atoms with Crippen molar-refractivity contribution >= 4 is 17.9 Å². The number of rotatable bonds is 8. The number of nitrogens with two attached hydrogens (primary N) is 1. The summed E-state index contributed by atoms with van der Waals surface area (Å²) in [5, 5.41) is 19.6. The fourth-order valence-electron chi connectivity index (χ4n) is 3.50. The number of nitrogen functional groups attached to an aromatic ring is 1. The molecule has 14 nitrogen and oxygen atoms in total. The summed E-state index contributed by atoms with van der Waals surface area (Å²) in [7, 11) is 5.18. The van der Waals surface area contributed by atoms with Crippen LogP contribution in [0.3, 0.4) is 0 Å². The van der Waals surface area contributed by atoms with E-state index in [1.165, 1.54) is 10.9 Å². The van der Waals surface area contributed by atoms with Crippen molar-refractivity contribution in [2.24, 2.45) is 5.10 Å². The van der Waals surface area contributed by atoms with E-state index < -0.39 is 5.91 Å². The summed E-state index contributed by atoms with van der Waals surface area (Å²) in [6.45, 7) is 3.86. The molecule has 0 bridgehead atoms. The fraction of sp³-hybridized carbons (Fsp3) is 0.400. The van der Waals surface area contributed by atoms with Gasteiger partial charge in [0.2, 0.25) is 11.6 Å². The van der Waals surface area contributed by atoms with Crippen LogP contribution in [0.25, 0.3) is 5.82 Å². The van der Waals surface area contributed by atoms with Crippen molar-refractivity contribution in [1.82, 2.24) is 40.5 Å². The Balaban J connectivity index is 1.57. The Kier molecular flexibility index (Phi) is 6.98. The van der Waals surface area contributed by atoms with E-state index in [2.05, 4.69) is 48.0 Å². The van der Waals surface area contributed by atoms with Crippen LogP contribution < -0.4 is 20.6 Å². The minimum atomic E-state index is -0.538. The molecule has 1 saturated heterocycles. The Morgan fingerprint density at radius 2 is 2.03 bits per heavy atom. The lowest BCUT2D eigenvalue weighted by atomic mass is 10.2. The summed E-state index contributed by atoms with van der Waals surface area (Å²) in [6, 6.07) is 5.25. The molecule has 1 aliphatic heterocycles. The van der Waals surface area contributed by atoms with E-state index in [0.29, 0.717) is 29.3 Å². The minimum Gasteiger partial charge on any atom is -0.497 e. The van der Waals surface area contributed by atoms with Crippen LogP contribution in [-0.4, -0.2) is 94.7 Å². The molecule has 0 saturated carbocycles. The number of carbonyl (C=O) groups is 1.